The van der Waals surface area contributed by atoms with Crippen LogP contribution in [0, 0.1) is 0 Å². The lowest BCUT2D eigenvalue weighted by atomic mass is 10.2. The lowest BCUT2D eigenvalue weighted by Crippen LogP contribution is -2.20. The van der Waals surface area contributed by atoms with Crippen molar-refractivity contribution in [2.24, 2.45) is 0 Å². The van der Waals surface area contributed by atoms with E-state index in [4.69, 9.17) is 9.47 Å². The van der Waals surface area contributed by atoms with Gasteiger partial charge in [-0.15, -0.1) is 0 Å². The molecule has 0 aliphatic carbocycles. The first-order valence-electron chi connectivity index (χ1n) is 6.69. The van der Waals surface area contributed by atoms with Gasteiger partial charge in [-0.25, -0.2) is 0 Å². The molecule has 0 saturated carbocycles. The highest BCUT2D eigenvalue weighted by Gasteiger charge is 2.16. The summed E-state index contributed by atoms with van der Waals surface area (Å²) in [7, 11) is 0. The van der Waals surface area contributed by atoms with Gasteiger partial charge in [-0.05, 0) is 26.7 Å². The Bertz CT molecular complexity index is 411. The van der Waals surface area contributed by atoms with Gasteiger partial charge >= 0.3 is 0 Å². The standard InChI is InChI=1S/C13H21N3O3/c1-10(2)19-9-13(17)15-11-6-14-16(7-11)8-12-4-3-5-18-12/h6-7,10,12H,3-5,8-9H2,1-2H3,(H,15,17). The number of carbonyl (C=O) groups is 1. The van der Waals surface area contributed by atoms with Crippen molar-refractivity contribution in [3.05, 3.63) is 12.4 Å². The molecule has 106 valence electrons. The molecule has 1 N–H and O–H groups in total. The van der Waals surface area contributed by atoms with Crippen molar-refractivity contribution in [3.8, 4) is 0 Å². The fraction of sp³-hybridized carbons (Fsp3) is 0.692. The molecule has 1 aromatic heterocycles. The van der Waals surface area contributed by atoms with Crippen LogP contribution < -0.4 is 5.32 Å². The van der Waals surface area contributed by atoms with E-state index in [0.717, 1.165) is 26.0 Å². The van der Waals surface area contributed by atoms with Crippen molar-refractivity contribution in [3.63, 3.8) is 0 Å². The predicted molar refractivity (Wildman–Crippen MR) is 70.9 cm³/mol. The third-order valence-corrected chi connectivity index (χ3v) is 2.88. The molecule has 6 heteroatoms. The Morgan fingerprint density at radius 2 is 2.53 bits per heavy atom. The summed E-state index contributed by atoms with van der Waals surface area (Å²) in [5.74, 6) is -0.162. The quantitative estimate of drug-likeness (QED) is 0.846. The van der Waals surface area contributed by atoms with E-state index >= 15 is 0 Å². The van der Waals surface area contributed by atoms with E-state index < -0.39 is 0 Å². The fourth-order valence-corrected chi connectivity index (χ4v) is 1.96. The molecule has 1 amide bonds. The first-order chi connectivity index (χ1) is 9.13. The molecular formula is C13H21N3O3. The number of anilines is 1. The maximum Gasteiger partial charge on any atom is 0.250 e. The molecule has 0 radical (unpaired) electrons. The van der Waals surface area contributed by atoms with Gasteiger partial charge < -0.3 is 14.8 Å². The summed E-state index contributed by atoms with van der Waals surface area (Å²) in [5, 5.41) is 6.96. The van der Waals surface area contributed by atoms with Crippen LogP contribution in [0.5, 0.6) is 0 Å². The minimum atomic E-state index is -0.162. The van der Waals surface area contributed by atoms with Crippen LogP contribution in [0.1, 0.15) is 26.7 Å². The van der Waals surface area contributed by atoms with Crippen molar-refractivity contribution in [2.45, 2.75) is 45.4 Å². The van der Waals surface area contributed by atoms with Crippen molar-refractivity contribution < 1.29 is 14.3 Å². The van der Waals surface area contributed by atoms with Crippen LogP contribution in [0.15, 0.2) is 12.4 Å². The smallest absolute Gasteiger partial charge is 0.250 e. The van der Waals surface area contributed by atoms with E-state index in [0.29, 0.717) is 5.69 Å². The Hall–Kier alpha value is -1.40. The van der Waals surface area contributed by atoms with Crippen molar-refractivity contribution in [1.29, 1.82) is 0 Å². The molecule has 2 heterocycles. The number of aromatic nitrogens is 2. The minimum absolute atomic E-state index is 0.0491. The number of nitrogens with one attached hydrogen (secondary N) is 1. The first kappa shape index (κ1) is 14.0. The van der Waals surface area contributed by atoms with E-state index in [1.54, 1.807) is 10.9 Å². The molecule has 0 spiro atoms. The van der Waals surface area contributed by atoms with Crippen LogP contribution in [-0.4, -0.2) is 41.1 Å². The van der Waals surface area contributed by atoms with Crippen molar-refractivity contribution in [1.82, 2.24) is 9.78 Å². The molecule has 1 atom stereocenters. The average molecular weight is 267 g/mol. The molecule has 0 aromatic carbocycles. The number of carbonyl (C=O) groups excluding carboxylic acids is 1. The number of ether oxygens (including phenoxy) is 2. The highest BCUT2D eigenvalue weighted by Crippen LogP contribution is 2.14. The SMILES string of the molecule is CC(C)OCC(=O)Nc1cnn(CC2CCCO2)c1. The molecule has 1 aliphatic rings. The number of hydrogen-bond acceptors (Lipinski definition) is 4. The highest BCUT2D eigenvalue weighted by atomic mass is 16.5. The van der Waals surface area contributed by atoms with Crippen LogP contribution in [0.3, 0.4) is 0 Å². The summed E-state index contributed by atoms with van der Waals surface area (Å²) < 4.78 is 12.6. The van der Waals surface area contributed by atoms with Crippen molar-refractivity contribution >= 4 is 11.6 Å². The zero-order chi connectivity index (χ0) is 13.7. The molecule has 1 aliphatic heterocycles. The molecule has 1 fully saturated rings. The second-order valence-corrected chi connectivity index (χ2v) is 4.99. The van der Waals surface area contributed by atoms with Gasteiger partial charge in [-0.2, -0.15) is 5.10 Å². The van der Waals surface area contributed by atoms with E-state index in [1.807, 2.05) is 20.0 Å². The number of amides is 1. The molecule has 6 nitrogen and oxygen atoms in total. The lowest BCUT2D eigenvalue weighted by Gasteiger charge is -2.08. The number of rotatable bonds is 6. The van der Waals surface area contributed by atoms with Gasteiger partial charge in [-0.1, -0.05) is 0 Å². The van der Waals surface area contributed by atoms with Crippen LogP contribution in [0.2, 0.25) is 0 Å². The Morgan fingerprint density at radius 3 is 3.21 bits per heavy atom. The monoisotopic (exact) mass is 267 g/mol. The Morgan fingerprint density at radius 1 is 1.68 bits per heavy atom. The predicted octanol–water partition coefficient (Wildman–Crippen LogP) is 1.43. The third kappa shape index (κ3) is 4.65. The van der Waals surface area contributed by atoms with E-state index in [2.05, 4.69) is 10.4 Å². The molecule has 1 saturated heterocycles. The summed E-state index contributed by atoms with van der Waals surface area (Å²) in [5.41, 5.74) is 0.690. The molecule has 19 heavy (non-hydrogen) atoms. The second-order valence-electron chi connectivity index (χ2n) is 4.99. The van der Waals surface area contributed by atoms with Gasteiger partial charge in [0.05, 0.1) is 30.6 Å². The summed E-state index contributed by atoms with van der Waals surface area (Å²) in [6.07, 6.45) is 5.93. The van der Waals surface area contributed by atoms with Gasteiger partial charge in [0.15, 0.2) is 0 Å². The summed E-state index contributed by atoms with van der Waals surface area (Å²) in [4.78, 5) is 11.6. The van der Waals surface area contributed by atoms with Gasteiger partial charge in [0.2, 0.25) is 5.91 Å². The van der Waals surface area contributed by atoms with Gasteiger partial charge in [0.25, 0.3) is 0 Å². The topological polar surface area (TPSA) is 65.4 Å². The Balaban J connectivity index is 1.78. The van der Waals surface area contributed by atoms with Crippen LogP contribution in [0.4, 0.5) is 5.69 Å². The van der Waals surface area contributed by atoms with Gasteiger partial charge in [0.1, 0.15) is 6.61 Å². The van der Waals surface area contributed by atoms with Crippen LogP contribution >= 0.6 is 0 Å². The molecule has 0 bridgehead atoms. The summed E-state index contributed by atoms with van der Waals surface area (Å²) in [6.45, 7) is 5.43. The highest BCUT2D eigenvalue weighted by molar-refractivity contribution is 5.91. The number of hydrogen-bond donors (Lipinski definition) is 1. The van der Waals surface area contributed by atoms with E-state index in [-0.39, 0.29) is 24.7 Å². The van der Waals surface area contributed by atoms with Crippen LogP contribution in [0.25, 0.3) is 0 Å². The normalized spacial score (nSPS) is 19.0. The third-order valence-electron chi connectivity index (χ3n) is 2.88. The maximum atomic E-state index is 11.6. The molecule has 2 rings (SSSR count). The Kier molecular flexibility index (Phi) is 4.93. The second kappa shape index (κ2) is 6.68. The zero-order valence-corrected chi connectivity index (χ0v) is 11.5. The Labute approximate surface area is 113 Å². The largest absolute Gasteiger partial charge is 0.376 e. The molecule has 1 unspecified atom stereocenters. The van der Waals surface area contributed by atoms with Gasteiger partial charge in [0, 0.05) is 12.8 Å². The fourth-order valence-electron chi connectivity index (χ4n) is 1.96. The summed E-state index contributed by atoms with van der Waals surface area (Å²) >= 11 is 0. The number of nitrogens with zero attached hydrogens (tertiary/aromatic N) is 2. The van der Waals surface area contributed by atoms with E-state index in [9.17, 15) is 4.79 Å². The van der Waals surface area contributed by atoms with Gasteiger partial charge in [-0.3, -0.25) is 9.48 Å². The lowest BCUT2D eigenvalue weighted by molar-refractivity contribution is -0.121. The first-order valence-corrected chi connectivity index (χ1v) is 6.69. The summed E-state index contributed by atoms with van der Waals surface area (Å²) in [6, 6.07) is 0. The molecule has 1 aromatic rings. The molecular weight excluding hydrogens is 246 g/mol. The zero-order valence-electron chi connectivity index (χ0n) is 11.5. The van der Waals surface area contributed by atoms with E-state index in [1.165, 1.54) is 0 Å². The van der Waals surface area contributed by atoms with Crippen LogP contribution in [-0.2, 0) is 20.8 Å². The average Bonchev–Trinajstić information content (AvgIpc) is 2.99. The minimum Gasteiger partial charge on any atom is -0.376 e. The van der Waals surface area contributed by atoms with Crippen molar-refractivity contribution in [2.75, 3.05) is 18.5 Å². The maximum absolute atomic E-state index is 11.6.